The highest BCUT2D eigenvalue weighted by Crippen LogP contribution is 2.39. The molecule has 3 aromatic rings. The zero-order valence-electron chi connectivity index (χ0n) is 24.7. The fourth-order valence-corrected chi connectivity index (χ4v) is 6.25. The lowest BCUT2D eigenvalue weighted by molar-refractivity contribution is -0.110. The summed E-state index contributed by atoms with van der Waals surface area (Å²) in [4.78, 5) is 29.7. The lowest BCUT2D eigenvalue weighted by Crippen LogP contribution is -2.36. The molecule has 1 heterocycles. The third-order valence-electron chi connectivity index (χ3n) is 8.52. The number of hydrogen-bond acceptors (Lipinski definition) is 6. The van der Waals surface area contributed by atoms with Crippen LogP contribution in [-0.2, 0) is 20.6 Å². The maximum atomic E-state index is 12.8. The van der Waals surface area contributed by atoms with Gasteiger partial charge in [-0.3, -0.25) is 10.1 Å². The Bertz CT molecular complexity index is 1310. The number of amides is 2. The average Bonchev–Trinajstić information content (AvgIpc) is 3.57. The van der Waals surface area contributed by atoms with Crippen LogP contribution in [0.4, 0.5) is 10.5 Å². The zero-order chi connectivity index (χ0) is 29.5. The number of methoxy groups -OCH3 is 2. The summed E-state index contributed by atoms with van der Waals surface area (Å²) >= 11 is 0. The molecule has 1 saturated heterocycles. The van der Waals surface area contributed by atoms with Gasteiger partial charge in [0.05, 0.1) is 12.2 Å². The Hall–Kier alpha value is -3.72. The maximum absolute atomic E-state index is 12.8. The Kier molecular flexibility index (Phi) is 9.89. The molecule has 0 bridgehead atoms. The van der Waals surface area contributed by atoms with Crippen molar-refractivity contribution in [3.8, 4) is 11.1 Å². The minimum absolute atomic E-state index is 0.0442. The SMILES string of the molecule is COC(CN(C)C(=O)c1ccc(CCN2C[C@H]3C[C@H](OC(=O)Nc4ccccc4-c4ccccc4)C[C@H]3C2)cc1)OC. The second-order valence-electron chi connectivity index (χ2n) is 11.3. The van der Waals surface area contributed by atoms with Gasteiger partial charge in [0.25, 0.3) is 5.91 Å². The van der Waals surface area contributed by atoms with Crippen LogP contribution in [-0.4, -0.2) is 81.6 Å². The predicted molar refractivity (Wildman–Crippen MR) is 163 cm³/mol. The fourth-order valence-electron chi connectivity index (χ4n) is 6.25. The Morgan fingerprint density at radius 3 is 2.21 bits per heavy atom. The molecule has 42 heavy (non-hydrogen) atoms. The van der Waals surface area contributed by atoms with E-state index in [0.717, 1.165) is 55.7 Å². The number of para-hydroxylation sites is 1. The van der Waals surface area contributed by atoms with Crippen molar-refractivity contribution < 1.29 is 23.8 Å². The van der Waals surface area contributed by atoms with Gasteiger partial charge in [0.1, 0.15) is 6.10 Å². The first-order chi connectivity index (χ1) is 20.4. The van der Waals surface area contributed by atoms with E-state index in [1.54, 1.807) is 26.2 Å². The van der Waals surface area contributed by atoms with Crippen molar-refractivity contribution in [2.75, 3.05) is 52.8 Å². The molecule has 1 aliphatic carbocycles. The molecule has 0 unspecified atom stereocenters. The molecule has 2 fully saturated rings. The van der Waals surface area contributed by atoms with Gasteiger partial charge in [-0.15, -0.1) is 0 Å². The number of ether oxygens (including phenoxy) is 3. The van der Waals surface area contributed by atoms with Crippen molar-refractivity contribution in [3.05, 3.63) is 90.0 Å². The van der Waals surface area contributed by atoms with E-state index in [0.29, 0.717) is 23.9 Å². The average molecular weight is 572 g/mol. The maximum Gasteiger partial charge on any atom is 0.411 e. The molecule has 5 rings (SSSR count). The Balaban J connectivity index is 1.05. The van der Waals surface area contributed by atoms with E-state index in [1.807, 2.05) is 78.9 Å². The lowest BCUT2D eigenvalue weighted by atomic mass is 10.0. The van der Waals surface area contributed by atoms with Gasteiger partial charge in [0.2, 0.25) is 0 Å². The zero-order valence-corrected chi connectivity index (χ0v) is 24.7. The van der Waals surface area contributed by atoms with E-state index < -0.39 is 6.29 Å². The number of nitrogens with one attached hydrogen (secondary N) is 1. The molecular formula is C34H41N3O5. The first-order valence-electron chi connectivity index (χ1n) is 14.7. The van der Waals surface area contributed by atoms with Crippen molar-refractivity contribution in [1.82, 2.24) is 9.80 Å². The summed E-state index contributed by atoms with van der Waals surface area (Å²) in [6.07, 6.45) is 1.88. The first-order valence-corrected chi connectivity index (χ1v) is 14.7. The second-order valence-corrected chi connectivity index (χ2v) is 11.3. The highest BCUT2D eigenvalue weighted by Gasteiger charge is 2.42. The molecule has 2 amide bonds. The van der Waals surface area contributed by atoms with Crippen LogP contribution in [0.2, 0.25) is 0 Å². The predicted octanol–water partition coefficient (Wildman–Crippen LogP) is 5.55. The third-order valence-corrected chi connectivity index (χ3v) is 8.52. The molecule has 8 heteroatoms. The second kappa shape index (κ2) is 14.0. The van der Waals surface area contributed by atoms with Crippen LogP contribution in [0.1, 0.15) is 28.8 Å². The number of likely N-dealkylation sites (tertiary alicyclic amines) is 1. The smallest absolute Gasteiger partial charge is 0.411 e. The summed E-state index contributed by atoms with van der Waals surface area (Å²) in [6.45, 7) is 3.41. The van der Waals surface area contributed by atoms with Crippen LogP contribution in [0.15, 0.2) is 78.9 Å². The van der Waals surface area contributed by atoms with Gasteiger partial charge in [-0.2, -0.15) is 0 Å². The van der Waals surface area contributed by atoms with Crippen LogP contribution in [0, 0.1) is 11.8 Å². The van der Waals surface area contributed by atoms with Gasteiger partial charge in [-0.25, -0.2) is 4.79 Å². The summed E-state index contributed by atoms with van der Waals surface area (Å²) in [7, 11) is 4.88. The lowest BCUT2D eigenvalue weighted by Gasteiger charge is -2.22. The van der Waals surface area contributed by atoms with Gasteiger partial charge >= 0.3 is 6.09 Å². The molecule has 1 saturated carbocycles. The first kappa shape index (κ1) is 29.8. The number of anilines is 1. The van der Waals surface area contributed by atoms with Gasteiger partial charge in [-0.1, -0.05) is 60.7 Å². The number of carbonyl (C=O) groups is 2. The third kappa shape index (κ3) is 7.37. The Morgan fingerprint density at radius 2 is 1.55 bits per heavy atom. The molecule has 0 radical (unpaired) electrons. The van der Waals surface area contributed by atoms with Crippen LogP contribution in [0.5, 0.6) is 0 Å². The number of hydrogen-bond donors (Lipinski definition) is 1. The summed E-state index contributed by atoms with van der Waals surface area (Å²) in [5.41, 5.74) is 4.66. The monoisotopic (exact) mass is 571 g/mol. The standard InChI is InChI=1S/C34H41N3O5/c1-36(23-32(40-2)41-3)33(38)26-15-13-24(14-16-26)17-18-37-21-27-19-29(20-28(27)22-37)42-34(39)35-31-12-8-7-11-30(31)25-9-5-4-6-10-25/h4-16,27-29,32H,17-23H2,1-3H3,(H,35,39)/t27-,28+,29+. The number of fused-ring (bicyclic) bond motifs is 1. The van der Waals surface area contributed by atoms with Crippen molar-refractivity contribution in [2.24, 2.45) is 11.8 Å². The van der Waals surface area contributed by atoms with Gasteiger partial charge in [0.15, 0.2) is 6.29 Å². The van der Waals surface area contributed by atoms with E-state index >= 15 is 0 Å². The van der Waals surface area contributed by atoms with Crippen molar-refractivity contribution >= 4 is 17.7 Å². The van der Waals surface area contributed by atoms with Gasteiger partial charge < -0.3 is 24.0 Å². The van der Waals surface area contributed by atoms with Crippen LogP contribution in [0.25, 0.3) is 11.1 Å². The highest BCUT2D eigenvalue weighted by atomic mass is 16.7. The van der Waals surface area contributed by atoms with Crippen molar-refractivity contribution in [3.63, 3.8) is 0 Å². The quantitative estimate of drug-likeness (QED) is 0.304. The van der Waals surface area contributed by atoms with Crippen LogP contribution < -0.4 is 5.32 Å². The van der Waals surface area contributed by atoms with Gasteiger partial charge in [-0.05, 0) is 60.4 Å². The van der Waals surface area contributed by atoms with Crippen molar-refractivity contribution in [1.29, 1.82) is 0 Å². The largest absolute Gasteiger partial charge is 0.446 e. The fraction of sp³-hybridized carbons (Fsp3) is 0.412. The topological polar surface area (TPSA) is 80.3 Å². The van der Waals surface area contributed by atoms with E-state index in [2.05, 4.69) is 10.2 Å². The molecule has 8 nitrogen and oxygen atoms in total. The Labute approximate surface area is 248 Å². The highest BCUT2D eigenvalue weighted by molar-refractivity contribution is 5.94. The summed E-state index contributed by atoms with van der Waals surface area (Å²) in [6, 6.07) is 25.7. The molecule has 0 aromatic heterocycles. The molecular weight excluding hydrogens is 530 g/mol. The van der Waals surface area contributed by atoms with Crippen LogP contribution in [0.3, 0.4) is 0 Å². The number of likely N-dealkylation sites (N-methyl/N-ethyl adjacent to an activating group) is 1. The minimum Gasteiger partial charge on any atom is -0.446 e. The number of rotatable bonds is 11. The number of carbonyl (C=O) groups excluding carboxylic acids is 2. The molecule has 1 aliphatic heterocycles. The molecule has 3 atom stereocenters. The minimum atomic E-state index is -0.445. The Morgan fingerprint density at radius 1 is 0.905 bits per heavy atom. The van der Waals surface area contributed by atoms with E-state index in [9.17, 15) is 9.59 Å². The summed E-state index contributed by atoms with van der Waals surface area (Å²) < 4.78 is 16.3. The van der Waals surface area contributed by atoms with E-state index in [1.165, 1.54) is 5.56 Å². The van der Waals surface area contributed by atoms with E-state index in [4.69, 9.17) is 14.2 Å². The molecule has 222 valence electrons. The number of nitrogens with zero attached hydrogens (tertiary/aromatic N) is 2. The number of benzene rings is 3. The normalized spacial score (nSPS) is 20.0. The summed E-state index contributed by atoms with van der Waals surface area (Å²) in [5.74, 6) is 1.05. The summed E-state index contributed by atoms with van der Waals surface area (Å²) in [5, 5.41) is 2.97. The van der Waals surface area contributed by atoms with Gasteiger partial charge in [0, 0.05) is 52.0 Å². The van der Waals surface area contributed by atoms with Crippen molar-refractivity contribution in [2.45, 2.75) is 31.7 Å². The molecule has 0 spiro atoms. The van der Waals surface area contributed by atoms with Crippen LogP contribution >= 0.6 is 0 Å². The molecule has 1 N–H and O–H groups in total. The molecule has 2 aliphatic rings. The molecule has 3 aromatic carbocycles. The van der Waals surface area contributed by atoms with E-state index in [-0.39, 0.29) is 18.1 Å².